The molecule has 0 bridgehead atoms. The van der Waals surface area contributed by atoms with Gasteiger partial charge in [-0.3, -0.25) is 0 Å². The number of allylic oxidation sites excluding steroid dienone is 2. The number of halogens is 1. The van der Waals surface area contributed by atoms with Gasteiger partial charge in [0.15, 0.2) is 0 Å². The molecule has 0 aromatic heterocycles. The van der Waals surface area contributed by atoms with Crippen molar-refractivity contribution in [2.45, 2.75) is 18.4 Å². The molecule has 2 aromatic carbocycles. The lowest BCUT2D eigenvalue weighted by atomic mass is 9.77. The molecule has 1 aliphatic heterocycles. The molecule has 0 unspecified atom stereocenters. The summed E-state index contributed by atoms with van der Waals surface area (Å²) in [6.07, 6.45) is 5.23. The molecular formula is C19H16FNO2. The fraction of sp³-hybridized carbons (Fsp3) is 0.211. The van der Waals surface area contributed by atoms with Crippen LogP contribution in [0.4, 0.5) is 10.1 Å². The van der Waals surface area contributed by atoms with Crippen LogP contribution in [0.3, 0.4) is 0 Å². The first-order valence-corrected chi connectivity index (χ1v) is 7.69. The van der Waals surface area contributed by atoms with E-state index in [1.807, 2.05) is 12.1 Å². The van der Waals surface area contributed by atoms with Crippen molar-refractivity contribution in [3.63, 3.8) is 0 Å². The Labute approximate surface area is 133 Å². The third kappa shape index (κ3) is 2.31. The van der Waals surface area contributed by atoms with E-state index in [0.29, 0.717) is 5.92 Å². The highest BCUT2D eigenvalue weighted by atomic mass is 19.1. The Hall–Kier alpha value is -2.62. The van der Waals surface area contributed by atoms with Gasteiger partial charge < -0.3 is 10.4 Å². The van der Waals surface area contributed by atoms with Crippen LogP contribution >= 0.6 is 0 Å². The van der Waals surface area contributed by atoms with Gasteiger partial charge in [0.1, 0.15) is 5.82 Å². The molecule has 4 rings (SSSR count). The number of aromatic carboxylic acids is 1. The molecule has 1 heterocycles. The summed E-state index contributed by atoms with van der Waals surface area (Å²) < 4.78 is 13.6. The van der Waals surface area contributed by atoms with Gasteiger partial charge in [-0.05, 0) is 53.8 Å². The molecule has 0 spiro atoms. The van der Waals surface area contributed by atoms with Crippen LogP contribution in [-0.2, 0) is 0 Å². The van der Waals surface area contributed by atoms with Crippen molar-refractivity contribution in [3.8, 4) is 0 Å². The van der Waals surface area contributed by atoms with E-state index in [4.69, 9.17) is 5.11 Å². The van der Waals surface area contributed by atoms with Crippen LogP contribution in [0.15, 0.2) is 54.6 Å². The Morgan fingerprint density at radius 2 is 1.96 bits per heavy atom. The van der Waals surface area contributed by atoms with Crippen molar-refractivity contribution in [1.29, 1.82) is 0 Å². The Morgan fingerprint density at radius 1 is 1.17 bits per heavy atom. The standard InChI is InChI=1S/C19H16FNO2/c20-13-8-9-17-16(10-13)14-2-1-3-15(14)18(21-17)11-4-6-12(7-5-11)19(22)23/h1-2,4-10,14-15,18,21H,3H2,(H,22,23)/t14-,15-,18-/m0/s1. The van der Waals surface area contributed by atoms with E-state index < -0.39 is 5.97 Å². The Kier molecular flexibility index (Phi) is 3.18. The largest absolute Gasteiger partial charge is 0.478 e. The first-order valence-electron chi connectivity index (χ1n) is 7.69. The summed E-state index contributed by atoms with van der Waals surface area (Å²) in [5.74, 6) is -0.616. The Bertz CT molecular complexity index is 798. The number of carbonyl (C=O) groups is 1. The van der Waals surface area contributed by atoms with Crippen LogP contribution in [0.2, 0.25) is 0 Å². The minimum absolute atomic E-state index is 0.0933. The fourth-order valence-electron chi connectivity index (χ4n) is 3.73. The second-order valence-corrected chi connectivity index (χ2v) is 6.13. The minimum Gasteiger partial charge on any atom is -0.478 e. The van der Waals surface area contributed by atoms with Gasteiger partial charge in [0.2, 0.25) is 0 Å². The van der Waals surface area contributed by atoms with Crippen molar-refractivity contribution in [3.05, 3.63) is 77.1 Å². The molecule has 1 aliphatic carbocycles. The zero-order valence-electron chi connectivity index (χ0n) is 12.4. The molecule has 0 saturated carbocycles. The summed E-state index contributed by atoms with van der Waals surface area (Å²) in [5, 5.41) is 12.5. The van der Waals surface area contributed by atoms with Crippen LogP contribution in [0, 0.1) is 11.7 Å². The number of hydrogen-bond donors (Lipinski definition) is 2. The van der Waals surface area contributed by atoms with E-state index >= 15 is 0 Å². The number of nitrogens with one attached hydrogen (secondary N) is 1. The third-order valence-corrected chi connectivity index (χ3v) is 4.84. The molecule has 0 radical (unpaired) electrons. The van der Waals surface area contributed by atoms with Gasteiger partial charge in [-0.25, -0.2) is 9.18 Å². The molecule has 23 heavy (non-hydrogen) atoms. The first-order chi connectivity index (χ1) is 11.1. The highest BCUT2D eigenvalue weighted by molar-refractivity contribution is 5.87. The first kappa shape index (κ1) is 14.0. The normalized spacial score (nSPS) is 24.7. The predicted molar refractivity (Wildman–Crippen MR) is 86.2 cm³/mol. The van der Waals surface area contributed by atoms with Crippen molar-refractivity contribution in [1.82, 2.24) is 0 Å². The number of fused-ring (bicyclic) bond motifs is 3. The van der Waals surface area contributed by atoms with Gasteiger partial charge in [0.05, 0.1) is 11.6 Å². The number of carboxylic acids is 1. The highest BCUT2D eigenvalue weighted by Crippen LogP contribution is 2.49. The van der Waals surface area contributed by atoms with E-state index in [1.54, 1.807) is 24.3 Å². The average Bonchev–Trinajstić information content (AvgIpc) is 3.04. The molecule has 3 nitrogen and oxygen atoms in total. The van der Waals surface area contributed by atoms with Gasteiger partial charge in [-0.2, -0.15) is 0 Å². The van der Waals surface area contributed by atoms with Crippen LogP contribution in [0.25, 0.3) is 0 Å². The summed E-state index contributed by atoms with van der Waals surface area (Å²) in [6.45, 7) is 0. The molecule has 2 aliphatic rings. The Morgan fingerprint density at radius 3 is 2.70 bits per heavy atom. The van der Waals surface area contributed by atoms with Crippen LogP contribution in [-0.4, -0.2) is 11.1 Å². The number of anilines is 1. The maximum absolute atomic E-state index is 13.6. The predicted octanol–water partition coefficient (Wildman–Crippen LogP) is 4.35. The zero-order chi connectivity index (χ0) is 16.0. The lowest BCUT2D eigenvalue weighted by Gasteiger charge is -2.37. The molecule has 2 aromatic rings. The summed E-state index contributed by atoms with van der Waals surface area (Å²) in [4.78, 5) is 11.0. The van der Waals surface area contributed by atoms with E-state index in [9.17, 15) is 9.18 Å². The topological polar surface area (TPSA) is 49.3 Å². The summed E-state index contributed by atoms with van der Waals surface area (Å²) in [7, 11) is 0. The molecule has 2 N–H and O–H groups in total. The third-order valence-electron chi connectivity index (χ3n) is 4.84. The SMILES string of the molecule is O=C(O)c1ccc([C@@H]2Nc3ccc(F)cc3[C@H]3C=CC[C@@H]32)cc1. The highest BCUT2D eigenvalue weighted by Gasteiger charge is 2.37. The molecule has 0 amide bonds. The number of hydrogen-bond acceptors (Lipinski definition) is 2. The van der Waals surface area contributed by atoms with Crippen molar-refractivity contribution in [2.75, 3.05) is 5.32 Å². The summed E-state index contributed by atoms with van der Waals surface area (Å²) in [6, 6.07) is 12.0. The second-order valence-electron chi connectivity index (χ2n) is 6.13. The monoisotopic (exact) mass is 309 g/mol. The zero-order valence-corrected chi connectivity index (χ0v) is 12.4. The molecule has 116 valence electrons. The van der Waals surface area contributed by atoms with Gasteiger partial charge in [0.25, 0.3) is 0 Å². The van der Waals surface area contributed by atoms with Crippen LogP contribution in [0.1, 0.15) is 39.9 Å². The number of benzene rings is 2. The second kappa shape index (κ2) is 5.23. The molecule has 3 atom stereocenters. The fourth-order valence-corrected chi connectivity index (χ4v) is 3.73. The van der Waals surface area contributed by atoms with Crippen molar-refractivity contribution < 1.29 is 14.3 Å². The molecule has 4 heteroatoms. The van der Waals surface area contributed by atoms with E-state index in [-0.39, 0.29) is 23.3 Å². The quantitative estimate of drug-likeness (QED) is 0.811. The molecule has 0 saturated heterocycles. The van der Waals surface area contributed by atoms with Crippen LogP contribution in [0.5, 0.6) is 0 Å². The smallest absolute Gasteiger partial charge is 0.335 e. The van der Waals surface area contributed by atoms with E-state index in [1.165, 1.54) is 6.07 Å². The lowest BCUT2D eigenvalue weighted by molar-refractivity contribution is 0.0697. The summed E-state index contributed by atoms with van der Waals surface area (Å²) >= 11 is 0. The van der Waals surface area contributed by atoms with Crippen molar-refractivity contribution in [2.24, 2.45) is 5.92 Å². The van der Waals surface area contributed by atoms with Gasteiger partial charge in [-0.1, -0.05) is 24.3 Å². The maximum Gasteiger partial charge on any atom is 0.335 e. The van der Waals surface area contributed by atoms with E-state index in [2.05, 4.69) is 17.5 Å². The van der Waals surface area contributed by atoms with Crippen molar-refractivity contribution >= 4 is 11.7 Å². The maximum atomic E-state index is 13.6. The van der Waals surface area contributed by atoms with Gasteiger partial charge >= 0.3 is 5.97 Å². The van der Waals surface area contributed by atoms with Gasteiger partial charge in [-0.15, -0.1) is 0 Å². The van der Waals surface area contributed by atoms with E-state index in [0.717, 1.165) is 23.2 Å². The minimum atomic E-state index is -0.922. The molecular weight excluding hydrogens is 293 g/mol. The lowest BCUT2D eigenvalue weighted by Crippen LogP contribution is -2.29. The van der Waals surface area contributed by atoms with Crippen LogP contribution < -0.4 is 5.32 Å². The van der Waals surface area contributed by atoms with Gasteiger partial charge in [0, 0.05) is 11.6 Å². The number of carboxylic acid groups (broad SMARTS) is 1. The Balaban J connectivity index is 1.73. The molecule has 0 fully saturated rings. The number of rotatable bonds is 2. The average molecular weight is 309 g/mol. The summed E-state index contributed by atoms with van der Waals surface area (Å²) in [5.41, 5.74) is 3.30.